The van der Waals surface area contributed by atoms with E-state index >= 15 is 0 Å². The van der Waals surface area contributed by atoms with Crippen molar-refractivity contribution in [2.45, 2.75) is 32.6 Å². The first kappa shape index (κ1) is 17.4. The van der Waals surface area contributed by atoms with Crippen molar-refractivity contribution < 1.29 is 4.79 Å². The van der Waals surface area contributed by atoms with Gasteiger partial charge in [-0.15, -0.1) is 0 Å². The number of benzene rings is 2. The van der Waals surface area contributed by atoms with Gasteiger partial charge >= 0.3 is 0 Å². The summed E-state index contributed by atoms with van der Waals surface area (Å²) in [4.78, 5) is 17.3. The maximum atomic E-state index is 12.9. The molecule has 0 radical (unpaired) electrons. The first-order chi connectivity index (χ1) is 12.6. The molecule has 2 aliphatic rings. The van der Waals surface area contributed by atoms with E-state index in [1.54, 1.807) is 0 Å². The molecule has 4 rings (SSSR count). The third kappa shape index (κ3) is 3.45. The second-order valence-corrected chi connectivity index (χ2v) is 7.84. The Balaban J connectivity index is 1.44. The van der Waals surface area contributed by atoms with Gasteiger partial charge in [0.05, 0.1) is 0 Å². The van der Waals surface area contributed by atoms with Gasteiger partial charge in [0.1, 0.15) is 0 Å². The van der Waals surface area contributed by atoms with E-state index in [2.05, 4.69) is 30.0 Å². The standard InChI is InChI=1S/C22H25ClN2O/c1-16-6-9-20(23)15-21(16)24-10-12-25(13-11-24)22(26)19-8-7-17-4-2-3-5-18(17)14-19/h6-9,14-15H,2-5,10-13H2,1H3. The third-order valence-corrected chi connectivity index (χ3v) is 5.91. The van der Waals surface area contributed by atoms with Gasteiger partial charge in [-0.2, -0.15) is 0 Å². The van der Waals surface area contributed by atoms with E-state index in [0.717, 1.165) is 49.6 Å². The molecule has 1 aliphatic carbocycles. The fraction of sp³-hybridized carbons (Fsp3) is 0.409. The number of hydrogen-bond donors (Lipinski definition) is 0. The van der Waals surface area contributed by atoms with Gasteiger partial charge in [-0.25, -0.2) is 0 Å². The lowest BCUT2D eigenvalue weighted by Crippen LogP contribution is -2.49. The molecule has 0 saturated carbocycles. The van der Waals surface area contributed by atoms with Crippen LogP contribution in [0.1, 0.15) is 39.9 Å². The van der Waals surface area contributed by atoms with Crippen LogP contribution in [0, 0.1) is 6.92 Å². The lowest BCUT2D eigenvalue weighted by molar-refractivity contribution is 0.0746. The Labute approximate surface area is 160 Å². The molecule has 3 nitrogen and oxygen atoms in total. The molecule has 0 atom stereocenters. The number of piperazine rings is 1. The van der Waals surface area contributed by atoms with Gasteiger partial charge in [-0.1, -0.05) is 23.7 Å². The summed E-state index contributed by atoms with van der Waals surface area (Å²) in [6.07, 6.45) is 4.77. The highest BCUT2D eigenvalue weighted by Crippen LogP contribution is 2.26. The predicted molar refractivity (Wildman–Crippen MR) is 107 cm³/mol. The number of anilines is 1. The van der Waals surface area contributed by atoms with E-state index in [4.69, 9.17) is 11.6 Å². The maximum absolute atomic E-state index is 12.9. The summed E-state index contributed by atoms with van der Waals surface area (Å²) in [5.41, 5.74) is 6.05. The number of hydrogen-bond acceptors (Lipinski definition) is 2. The van der Waals surface area contributed by atoms with Crippen LogP contribution in [-0.4, -0.2) is 37.0 Å². The van der Waals surface area contributed by atoms with Crippen LogP contribution in [0.15, 0.2) is 36.4 Å². The Morgan fingerprint density at radius 2 is 1.65 bits per heavy atom. The zero-order valence-electron chi connectivity index (χ0n) is 15.3. The van der Waals surface area contributed by atoms with Gasteiger partial charge in [0.15, 0.2) is 0 Å². The second-order valence-electron chi connectivity index (χ2n) is 7.40. The number of halogens is 1. The van der Waals surface area contributed by atoms with Crippen LogP contribution < -0.4 is 4.90 Å². The van der Waals surface area contributed by atoms with Crippen LogP contribution in [0.25, 0.3) is 0 Å². The van der Waals surface area contributed by atoms with Crippen LogP contribution in [0.4, 0.5) is 5.69 Å². The number of fused-ring (bicyclic) bond motifs is 1. The normalized spacial score (nSPS) is 17.2. The molecule has 2 aromatic carbocycles. The molecule has 0 unspecified atom stereocenters. The monoisotopic (exact) mass is 368 g/mol. The number of aryl methyl sites for hydroxylation is 3. The van der Waals surface area contributed by atoms with Crippen LogP contribution in [0.2, 0.25) is 5.02 Å². The average molecular weight is 369 g/mol. The fourth-order valence-corrected chi connectivity index (χ4v) is 4.29. The van der Waals surface area contributed by atoms with Crippen molar-refractivity contribution in [1.29, 1.82) is 0 Å². The molecule has 1 aliphatic heterocycles. The molecule has 0 aromatic heterocycles. The minimum Gasteiger partial charge on any atom is -0.368 e. The van der Waals surface area contributed by atoms with E-state index in [-0.39, 0.29) is 5.91 Å². The van der Waals surface area contributed by atoms with Crippen molar-refractivity contribution >= 4 is 23.2 Å². The van der Waals surface area contributed by atoms with Gasteiger partial charge in [-0.3, -0.25) is 4.79 Å². The molecule has 136 valence electrons. The SMILES string of the molecule is Cc1ccc(Cl)cc1N1CCN(C(=O)c2ccc3c(c2)CCCC3)CC1. The highest BCUT2D eigenvalue weighted by Gasteiger charge is 2.24. The number of nitrogens with zero attached hydrogens (tertiary/aromatic N) is 2. The average Bonchev–Trinajstić information content (AvgIpc) is 2.69. The maximum Gasteiger partial charge on any atom is 0.253 e. The minimum atomic E-state index is 0.167. The topological polar surface area (TPSA) is 23.6 Å². The molecule has 1 amide bonds. The summed E-state index contributed by atoms with van der Waals surface area (Å²) in [5, 5.41) is 0.762. The molecular weight excluding hydrogens is 344 g/mol. The van der Waals surface area contributed by atoms with Crippen molar-refractivity contribution in [2.75, 3.05) is 31.1 Å². The number of amides is 1. The zero-order valence-corrected chi connectivity index (χ0v) is 16.1. The molecule has 0 spiro atoms. The van der Waals surface area contributed by atoms with Gasteiger partial charge in [0.25, 0.3) is 5.91 Å². The molecule has 0 bridgehead atoms. The molecular formula is C22H25ClN2O. The molecule has 4 heteroatoms. The molecule has 0 N–H and O–H groups in total. The summed E-state index contributed by atoms with van der Waals surface area (Å²) >= 11 is 6.16. The first-order valence-corrected chi connectivity index (χ1v) is 9.92. The summed E-state index contributed by atoms with van der Waals surface area (Å²) in [6, 6.07) is 12.3. The summed E-state index contributed by atoms with van der Waals surface area (Å²) in [5.74, 6) is 0.167. The van der Waals surface area contributed by atoms with Crippen LogP contribution in [-0.2, 0) is 12.8 Å². The summed E-state index contributed by atoms with van der Waals surface area (Å²) < 4.78 is 0. The Morgan fingerprint density at radius 3 is 2.42 bits per heavy atom. The van der Waals surface area contributed by atoms with Gasteiger partial charge in [-0.05, 0) is 73.6 Å². The van der Waals surface area contributed by atoms with Gasteiger partial charge in [0.2, 0.25) is 0 Å². The summed E-state index contributed by atoms with van der Waals surface area (Å²) in [6.45, 7) is 5.30. The van der Waals surface area contributed by atoms with E-state index in [1.807, 2.05) is 23.1 Å². The highest BCUT2D eigenvalue weighted by molar-refractivity contribution is 6.30. The third-order valence-electron chi connectivity index (χ3n) is 5.67. The van der Waals surface area contributed by atoms with E-state index in [1.165, 1.54) is 35.2 Å². The first-order valence-electron chi connectivity index (χ1n) is 9.54. The Morgan fingerprint density at radius 1 is 0.923 bits per heavy atom. The van der Waals surface area contributed by atoms with Crippen molar-refractivity contribution in [3.8, 4) is 0 Å². The number of rotatable bonds is 2. The van der Waals surface area contributed by atoms with Crippen molar-refractivity contribution in [2.24, 2.45) is 0 Å². The lowest BCUT2D eigenvalue weighted by Gasteiger charge is -2.37. The Hall–Kier alpha value is -2.00. The quantitative estimate of drug-likeness (QED) is 0.779. The van der Waals surface area contributed by atoms with Crippen molar-refractivity contribution in [3.63, 3.8) is 0 Å². The lowest BCUT2D eigenvalue weighted by atomic mass is 9.90. The van der Waals surface area contributed by atoms with Crippen molar-refractivity contribution in [3.05, 3.63) is 63.7 Å². The number of carbonyl (C=O) groups is 1. The van der Waals surface area contributed by atoms with Gasteiger partial charge in [0, 0.05) is 42.5 Å². The predicted octanol–water partition coefficient (Wildman–Crippen LogP) is 4.49. The summed E-state index contributed by atoms with van der Waals surface area (Å²) in [7, 11) is 0. The zero-order chi connectivity index (χ0) is 18.1. The largest absolute Gasteiger partial charge is 0.368 e. The molecule has 2 aromatic rings. The van der Waals surface area contributed by atoms with Crippen molar-refractivity contribution in [1.82, 2.24) is 4.90 Å². The molecule has 1 fully saturated rings. The van der Waals surface area contributed by atoms with Crippen LogP contribution in [0.3, 0.4) is 0 Å². The Bertz CT molecular complexity index is 825. The second kappa shape index (κ2) is 7.32. The molecule has 1 saturated heterocycles. The van der Waals surface area contributed by atoms with Gasteiger partial charge < -0.3 is 9.80 Å². The number of carbonyl (C=O) groups excluding carboxylic acids is 1. The van der Waals surface area contributed by atoms with E-state index in [9.17, 15) is 4.79 Å². The molecule has 1 heterocycles. The van der Waals surface area contributed by atoms with Crippen LogP contribution in [0.5, 0.6) is 0 Å². The fourth-order valence-electron chi connectivity index (χ4n) is 4.12. The Kier molecular flexibility index (Phi) is 4.90. The molecule has 26 heavy (non-hydrogen) atoms. The minimum absolute atomic E-state index is 0.167. The van der Waals surface area contributed by atoms with E-state index < -0.39 is 0 Å². The highest BCUT2D eigenvalue weighted by atomic mass is 35.5. The smallest absolute Gasteiger partial charge is 0.253 e. The van der Waals surface area contributed by atoms with E-state index in [0.29, 0.717) is 0 Å². The van der Waals surface area contributed by atoms with Crippen LogP contribution >= 0.6 is 11.6 Å².